The van der Waals surface area contributed by atoms with Gasteiger partial charge in [0, 0.05) is 32.6 Å². The van der Waals surface area contributed by atoms with Gasteiger partial charge in [-0.25, -0.2) is 9.48 Å². The summed E-state index contributed by atoms with van der Waals surface area (Å²) in [5.41, 5.74) is 0. The molecular formula is C15H22N6O2. The number of anilines is 1. The minimum atomic E-state index is -0.227. The van der Waals surface area contributed by atoms with Crippen molar-refractivity contribution >= 4 is 12.0 Å². The minimum Gasteiger partial charge on any atom is -0.448 e. The maximum atomic E-state index is 11.4. The van der Waals surface area contributed by atoms with E-state index in [4.69, 9.17) is 11.2 Å². The van der Waals surface area contributed by atoms with Crippen LogP contribution in [0.15, 0.2) is 0 Å². The third-order valence-electron chi connectivity index (χ3n) is 4.36. The van der Waals surface area contributed by atoms with Crippen LogP contribution in [0.1, 0.15) is 25.7 Å². The van der Waals surface area contributed by atoms with Gasteiger partial charge in [-0.3, -0.25) is 0 Å². The Morgan fingerprint density at radius 1 is 1.35 bits per heavy atom. The molecule has 8 heteroatoms. The molecule has 0 saturated carbocycles. The molecule has 8 nitrogen and oxygen atoms in total. The van der Waals surface area contributed by atoms with Crippen LogP contribution in [0.2, 0.25) is 0 Å². The summed E-state index contributed by atoms with van der Waals surface area (Å²) in [5.74, 6) is 4.07. The Kier molecular flexibility index (Phi) is 4.95. The first-order chi connectivity index (χ1) is 11.3. The average Bonchev–Trinajstić information content (AvgIpc) is 3.18. The summed E-state index contributed by atoms with van der Waals surface area (Å²) in [7, 11) is 0. The minimum absolute atomic E-state index is 0.227. The third-order valence-corrected chi connectivity index (χ3v) is 4.36. The number of aromatic nitrogens is 4. The van der Waals surface area contributed by atoms with Crippen LogP contribution in [0.5, 0.6) is 0 Å². The predicted molar refractivity (Wildman–Crippen MR) is 83.7 cm³/mol. The Balaban J connectivity index is 1.54. The van der Waals surface area contributed by atoms with Crippen molar-refractivity contribution < 1.29 is 9.53 Å². The zero-order valence-corrected chi connectivity index (χ0v) is 13.2. The van der Waals surface area contributed by atoms with Crippen LogP contribution >= 0.6 is 0 Å². The van der Waals surface area contributed by atoms with Crippen LogP contribution in [0.25, 0.3) is 0 Å². The van der Waals surface area contributed by atoms with E-state index in [2.05, 4.69) is 26.3 Å². The van der Waals surface area contributed by atoms with Crippen molar-refractivity contribution in [1.82, 2.24) is 25.1 Å². The molecule has 1 amide bonds. The summed E-state index contributed by atoms with van der Waals surface area (Å²) < 4.78 is 6.74. The van der Waals surface area contributed by atoms with Crippen molar-refractivity contribution in [3.05, 3.63) is 0 Å². The van der Waals surface area contributed by atoms with E-state index in [1.807, 2.05) is 4.68 Å². The Bertz CT molecular complexity index is 581. The molecule has 1 aromatic rings. The summed E-state index contributed by atoms with van der Waals surface area (Å²) in [4.78, 5) is 15.3. The fraction of sp³-hybridized carbons (Fsp3) is 0.733. The lowest BCUT2D eigenvalue weighted by molar-refractivity contribution is 0.158. The molecule has 2 saturated heterocycles. The van der Waals surface area contributed by atoms with E-state index >= 15 is 0 Å². The summed E-state index contributed by atoms with van der Waals surface area (Å²) >= 11 is 0. The number of carbonyl (C=O) groups excluding carboxylic acids is 1. The smallest absolute Gasteiger partial charge is 0.409 e. The Morgan fingerprint density at radius 3 is 3.04 bits per heavy atom. The molecule has 0 spiro atoms. The monoisotopic (exact) mass is 318 g/mol. The Hall–Kier alpha value is -2.30. The molecule has 2 aliphatic heterocycles. The second-order valence-corrected chi connectivity index (χ2v) is 6.02. The van der Waals surface area contributed by atoms with Gasteiger partial charge in [0.25, 0.3) is 0 Å². The number of ether oxygens (including phenoxy) is 1. The zero-order chi connectivity index (χ0) is 16.1. The molecule has 1 unspecified atom stereocenters. The zero-order valence-electron chi connectivity index (χ0n) is 13.2. The summed E-state index contributed by atoms with van der Waals surface area (Å²) in [5, 5.41) is 12.1. The molecule has 3 rings (SSSR count). The maximum Gasteiger partial charge on any atom is 0.409 e. The molecule has 0 bridgehead atoms. The van der Waals surface area contributed by atoms with Gasteiger partial charge in [0.1, 0.15) is 6.61 Å². The maximum absolute atomic E-state index is 11.4. The lowest BCUT2D eigenvalue weighted by atomic mass is 9.95. The number of aryl methyl sites for hydroxylation is 1. The van der Waals surface area contributed by atoms with Gasteiger partial charge in [0.05, 0.1) is 6.54 Å². The number of cyclic esters (lactones) is 1. The van der Waals surface area contributed by atoms with Gasteiger partial charge in [-0.1, -0.05) is 5.10 Å². The fourth-order valence-corrected chi connectivity index (χ4v) is 3.19. The van der Waals surface area contributed by atoms with Crippen molar-refractivity contribution in [1.29, 1.82) is 0 Å². The summed E-state index contributed by atoms with van der Waals surface area (Å²) in [6.45, 7) is 4.36. The van der Waals surface area contributed by atoms with Crippen molar-refractivity contribution in [3.8, 4) is 12.3 Å². The molecule has 0 radical (unpaired) electrons. The Morgan fingerprint density at radius 2 is 2.26 bits per heavy atom. The first kappa shape index (κ1) is 15.6. The lowest BCUT2D eigenvalue weighted by Gasteiger charge is -2.32. The normalized spacial score (nSPS) is 21.3. The van der Waals surface area contributed by atoms with E-state index in [1.54, 1.807) is 4.90 Å². The average molecular weight is 318 g/mol. The van der Waals surface area contributed by atoms with Gasteiger partial charge in [-0.15, -0.1) is 12.3 Å². The first-order valence-electron chi connectivity index (χ1n) is 8.14. The molecule has 0 aromatic carbocycles. The number of hydrogen-bond acceptors (Lipinski definition) is 6. The molecular weight excluding hydrogens is 296 g/mol. The molecule has 2 fully saturated rings. The summed E-state index contributed by atoms with van der Waals surface area (Å²) in [6, 6.07) is 0. The van der Waals surface area contributed by atoms with Crippen LogP contribution in [-0.2, 0) is 11.3 Å². The van der Waals surface area contributed by atoms with Gasteiger partial charge in [-0.2, -0.15) is 0 Å². The molecule has 3 heterocycles. The molecule has 1 atom stereocenters. The largest absolute Gasteiger partial charge is 0.448 e. The Labute approximate surface area is 135 Å². The standard InChI is InChI=1S/C15H22N6O2/c1-2-5-13-6-3-7-20(12-13)14-16-17-18-21(14)9-4-8-19-10-11-23-15(19)22/h1,13H,3-12H2. The lowest BCUT2D eigenvalue weighted by Crippen LogP contribution is -2.37. The molecule has 2 aliphatic rings. The van der Waals surface area contributed by atoms with Crippen molar-refractivity contribution in [2.24, 2.45) is 5.92 Å². The van der Waals surface area contributed by atoms with E-state index in [0.717, 1.165) is 38.3 Å². The topological polar surface area (TPSA) is 76.4 Å². The number of hydrogen-bond donors (Lipinski definition) is 0. The van der Waals surface area contributed by atoms with Crippen molar-refractivity contribution in [2.45, 2.75) is 32.2 Å². The van der Waals surface area contributed by atoms with Crippen LogP contribution in [-0.4, -0.2) is 64.0 Å². The van der Waals surface area contributed by atoms with Gasteiger partial charge in [0.2, 0.25) is 5.95 Å². The highest BCUT2D eigenvalue weighted by Crippen LogP contribution is 2.23. The highest BCUT2D eigenvalue weighted by molar-refractivity contribution is 5.69. The number of carbonyl (C=O) groups is 1. The second kappa shape index (κ2) is 7.31. The van der Waals surface area contributed by atoms with Gasteiger partial charge in [-0.05, 0) is 35.6 Å². The quantitative estimate of drug-likeness (QED) is 0.721. The molecule has 23 heavy (non-hydrogen) atoms. The van der Waals surface area contributed by atoms with Crippen LogP contribution in [0.3, 0.4) is 0 Å². The van der Waals surface area contributed by atoms with E-state index < -0.39 is 0 Å². The van der Waals surface area contributed by atoms with Gasteiger partial charge < -0.3 is 14.5 Å². The molecule has 0 N–H and O–H groups in total. The second-order valence-electron chi connectivity index (χ2n) is 6.02. The molecule has 1 aromatic heterocycles. The third kappa shape index (κ3) is 3.73. The number of terminal acetylenes is 1. The van der Waals surface area contributed by atoms with E-state index in [1.165, 1.54) is 6.42 Å². The number of nitrogens with zero attached hydrogens (tertiary/aromatic N) is 6. The molecule has 0 aliphatic carbocycles. The fourth-order valence-electron chi connectivity index (χ4n) is 3.19. The van der Waals surface area contributed by atoms with E-state index in [0.29, 0.717) is 32.2 Å². The predicted octanol–water partition coefficient (Wildman–Crippen LogP) is 0.755. The first-order valence-corrected chi connectivity index (χ1v) is 8.14. The van der Waals surface area contributed by atoms with Crippen molar-refractivity contribution in [2.75, 3.05) is 37.7 Å². The highest BCUT2D eigenvalue weighted by Gasteiger charge is 2.24. The van der Waals surface area contributed by atoms with Crippen LogP contribution in [0.4, 0.5) is 10.7 Å². The number of piperidine rings is 1. The van der Waals surface area contributed by atoms with Gasteiger partial charge in [0.15, 0.2) is 0 Å². The number of rotatable bonds is 6. The SMILES string of the molecule is C#CCC1CCCN(c2nnnn2CCCN2CCOC2=O)C1. The van der Waals surface area contributed by atoms with Crippen LogP contribution in [0, 0.1) is 18.3 Å². The molecule has 124 valence electrons. The highest BCUT2D eigenvalue weighted by atomic mass is 16.6. The summed E-state index contributed by atoms with van der Waals surface area (Å²) in [6.07, 6.45) is 9.08. The van der Waals surface area contributed by atoms with E-state index in [9.17, 15) is 4.79 Å². The number of amides is 1. The van der Waals surface area contributed by atoms with E-state index in [-0.39, 0.29) is 6.09 Å². The van der Waals surface area contributed by atoms with Crippen LogP contribution < -0.4 is 4.90 Å². The van der Waals surface area contributed by atoms with Gasteiger partial charge >= 0.3 is 6.09 Å². The van der Waals surface area contributed by atoms with Crippen molar-refractivity contribution in [3.63, 3.8) is 0 Å². The number of tetrazole rings is 1.